The maximum atomic E-state index is 4.53. The van der Waals surface area contributed by atoms with Crippen molar-refractivity contribution in [2.75, 3.05) is 0 Å². The smallest absolute Gasteiger partial charge is 0.109 e. The summed E-state index contributed by atoms with van der Waals surface area (Å²) in [6, 6.07) is 2.76. The average molecular weight is 278 g/mol. The van der Waals surface area contributed by atoms with Gasteiger partial charge >= 0.3 is 0 Å². The van der Waals surface area contributed by atoms with Crippen LogP contribution in [0.4, 0.5) is 0 Å². The highest BCUT2D eigenvalue weighted by Crippen LogP contribution is 2.20. The topological polar surface area (TPSA) is 42.7 Å². The lowest BCUT2D eigenvalue weighted by Crippen LogP contribution is -2.18. The second-order valence-corrected chi connectivity index (χ2v) is 6.15. The van der Waals surface area contributed by atoms with Crippen LogP contribution in [0.1, 0.15) is 55.4 Å². The van der Waals surface area contributed by atoms with E-state index in [0.29, 0.717) is 6.04 Å². The van der Waals surface area contributed by atoms with E-state index in [1.165, 1.54) is 4.88 Å². The van der Waals surface area contributed by atoms with Gasteiger partial charge in [-0.1, -0.05) is 6.92 Å². The first-order chi connectivity index (χ1) is 9.10. The number of thiazole rings is 1. The van der Waals surface area contributed by atoms with E-state index in [4.69, 9.17) is 0 Å². The largest absolute Gasteiger partial charge is 0.302 e. The van der Waals surface area contributed by atoms with Crippen LogP contribution in [-0.4, -0.2) is 14.8 Å². The number of aromatic nitrogens is 3. The van der Waals surface area contributed by atoms with E-state index in [1.54, 1.807) is 11.3 Å². The maximum Gasteiger partial charge on any atom is 0.109 e. The number of hydrogen-bond acceptors (Lipinski definition) is 4. The molecule has 0 saturated heterocycles. The van der Waals surface area contributed by atoms with Gasteiger partial charge in [0.05, 0.1) is 11.7 Å². The molecule has 0 spiro atoms. The molecule has 0 saturated carbocycles. The number of aryl methyl sites for hydroxylation is 1. The van der Waals surface area contributed by atoms with Crippen LogP contribution < -0.4 is 5.32 Å². The van der Waals surface area contributed by atoms with E-state index in [9.17, 15) is 0 Å². The third-order valence-electron chi connectivity index (χ3n) is 3.07. The Labute approximate surface area is 118 Å². The summed E-state index contributed by atoms with van der Waals surface area (Å²) in [6.07, 6.45) is 5.07. The minimum absolute atomic E-state index is 0.273. The average Bonchev–Trinajstić information content (AvgIpc) is 3.04. The molecule has 19 heavy (non-hydrogen) atoms. The normalized spacial score (nSPS) is 13.1. The Balaban J connectivity index is 1.90. The molecule has 0 aromatic carbocycles. The molecule has 104 valence electrons. The van der Waals surface area contributed by atoms with E-state index < -0.39 is 0 Å². The second kappa shape index (κ2) is 6.30. The number of hydrogen-bond donors (Lipinski definition) is 1. The van der Waals surface area contributed by atoms with Crippen LogP contribution in [0.15, 0.2) is 18.5 Å². The van der Waals surface area contributed by atoms with Crippen LogP contribution in [0.2, 0.25) is 0 Å². The van der Waals surface area contributed by atoms with Crippen LogP contribution in [0.3, 0.4) is 0 Å². The highest BCUT2D eigenvalue weighted by atomic mass is 32.1. The molecule has 4 nitrogen and oxygen atoms in total. The molecule has 1 unspecified atom stereocenters. The number of nitrogens with one attached hydrogen (secondary N) is 1. The Kier molecular flexibility index (Phi) is 4.71. The van der Waals surface area contributed by atoms with Crippen molar-refractivity contribution in [1.29, 1.82) is 0 Å². The van der Waals surface area contributed by atoms with Gasteiger partial charge < -0.3 is 5.32 Å². The molecule has 2 aromatic rings. The molecule has 0 aliphatic rings. The molecule has 2 rings (SSSR count). The van der Waals surface area contributed by atoms with Crippen molar-refractivity contribution in [2.24, 2.45) is 0 Å². The third kappa shape index (κ3) is 3.64. The number of rotatable bonds is 6. The van der Waals surface area contributed by atoms with Gasteiger partial charge in [0.25, 0.3) is 0 Å². The van der Waals surface area contributed by atoms with Crippen LogP contribution >= 0.6 is 11.3 Å². The highest BCUT2D eigenvalue weighted by molar-refractivity contribution is 7.11. The van der Waals surface area contributed by atoms with Crippen molar-refractivity contribution in [2.45, 2.75) is 52.7 Å². The van der Waals surface area contributed by atoms with Gasteiger partial charge in [-0.15, -0.1) is 11.3 Å². The monoisotopic (exact) mass is 278 g/mol. The Morgan fingerprint density at radius 1 is 1.37 bits per heavy atom. The summed E-state index contributed by atoms with van der Waals surface area (Å²) in [6.45, 7) is 9.36. The molecule has 0 radical (unpaired) electrons. The summed E-state index contributed by atoms with van der Waals surface area (Å²) >= 11 is 1.79. The maximum absolute atomic E-state index is 4.53. The van der Waals surface area contributed by atoms with E-state index >= 15 is 0 Å². The lowest BCUT2D eigenvalue weighted by molar-refractivity contribution is 0.511. The Morgan fingerprint density at radius 2 is 2.16 bits per heavy atom. The zero-order valence-electron chi connectivity index (χ0n) is 12.1. The minimum Gasteiger partial charge on any atom is -0.302 e. The second-order valence-electron chi connectivity index (χ2n) is 5.00. The summed E-state index contributed by atoms with van der Waals surface area (Å²) in [4.78, 5) is 5.80. The lowest BCUT2D eigenvalue weighted by Gasteiger charge is -2.09. The molecular weight excluding hydrogens is 256 g/mol. The molecule has 0 aliphatic heterocycles. The van der Waals surface area contributed by atoms with Gasteiger partial charge in [-0.3, -0.25) is 4.68 Å². The highest BCUT2D eigenvalue weighted by Gasteiger charge is 2.10. The van der Waals surface area contributed by atoms with Gasteiger partial charge in [0.1, 0.15) is 5.01 Å². The van der Waals surface area contributed by atoms with Gasteiger partial charge in [0.2, 0.25) is 0 Å². The summed E-state index contributed by atoms with van der Waals surface area (Å²) in [5, 5.41) is 9.16. The van der Waals surface area contributed by atoms with E-state index in [0.717, 1.165) is 23.7 Å². The lowest BCUT2D eigenvalue weighted by atomic mass is 10.3. The third-order valence-corrected chi connectivity index (χ3v) is 4.40. The van der Waals surface area contributed by atoms with Gasteiger partial charge in [-0.2, -0.15) is 5.10 Å². The van der Waals surface area contributed by atoms with E-state index in [1.807, 2.05) is 17.1 Å². The van der Waals surface area contributed by atoms with Crippen LogP contribution in [-0.2, 0) is 13.0 Å². The zero-order valence-corrected chi connectivity index (χ0v) is 12.9. The molecule has 0 amide bonds. The van der Waals surface area contributed by atoms with Gasteiger partial charge in [-0.05, 0) is 33.3 Å². The van der Waals surface area contributed by atoms with Crippen molar-refractivity contribution in [3.63, 3.8) is 0 Å². The first-order valence-electron chi connectivity index (χ1n) is 6.82. The van der Waals surface area contributed by atoms with Crippen molar-refractivity contribution < 1.29 is 0 Å². The van der Waals surface area contributed by atoms with Crippen LogP contribution in [0.25, 0.3) is 0 Å². The summed E-state index contributed by atoms with van der Waals surface area (Å²) in [5.41, 5.74) is 1.08. The molecule has 5 heteroatoms. The SMILES string of the molecule is CCc1cnc(C(C)NCc2ccn(C(C)C)n2)s1. The summed E-state index contributed by atoms with van der Waals surface area (Å²) in [7, 11) is 0. The van der Waals surface area contributed by atoms with Crippen molar-refractivity contribution in [1.82, 2.24) is 20.1 Å². The first kappa shape index (κ1) is 14.2. The molecule has 2 heterocycles. The minimum atomic E-state index is 0.273. The van der Waals surface area contributed by atoms with Gasteiger partial charge in [-0.25, -0.2) is 4.98 Å². The van der Waals surface area contributed by atoms with E-state index in [2.05, 4.69) is 49.2 Å². The predicted molar refractivity (Wildman–Crippen MR) is 79.4 cm³/mol. The summed E-state index contributed by atoms with van der Waals surface area (Å²) < 4.78 is 1.99. The standard InChI is InChI=1S/C14H22N4S/c1-5-13-9-16-14(19-13)11(4)15-8-12-6-7-18(17-12)10(2)3/h6-7,9-11,15H,5,8H2,1-4H3. The molecule has 1 atom stereocenters. The van der Waals surface area contributed by atoms with Crippen molar-refractivity contribution >= 4 is 11.3 Å². The fourth-order valence-corrected chi connectivity index (χ4v) is 2.67. The predicted octanol–water partition coefficient (Wildman–Crippen LogP) is 3.33. The Bertz CT molecular complexity index is 515. The Morgan fingerprint density at radius 3 is 2.74 bits per heavy atom. The van der Waals surface area contributed by atoms with Crippen molar-refractivity contribution in [3.8, 4) is 0 Å². The Hall–Kier alpha value is -1.20. The number of nitrogens with zero attached hydrogens (tertiary/aromatic N) is 3. The quantitative estimate of drug-likeness (QED) is 0.881. The van der Waals surface area contributed by atoms with Gasteiger partial charge in [0.15, 0.2) is 0 Å². The zero-order chi connectivity index (χ0) is 13.8. The first-order valence-corrected chi connectivity index (χ1v) is 7.63. The molecule has 0 fully saturated rings. The van der Waals surface area contributed by atoms with Crippen molar-refractivity contribution in [3.05, 3.63) is 34.0 Å². The van der Waals surface area contributed by atoms with Crippen LogP contribution in [0.5, 0.6) is 0 Å². The van der Waals surface area contributed by atoms with Gasteiger partial charge in [0, 0.05) is 29.9 Å². The van der Waals surface area contributed by atoms with Crippen LogP contribution in [0, 0.1) is 0 Å². The fraction of sp³-hybridized carbons (Fsp3) is 0.571. The summed E-state index contributed by atoms with van der Waals surface area (Å²) in [5.74, 6) is 0. The molecule has 0 bridgehead atoms. The molecular formula is C14H22N4S. The fourth-order valence-electron chi connectivity index (χ4n) is 1.79. The molecule has 0 aliphatic carbocycles. The molecule has 1 N–H and O–H groups in total. The molecule has 2 aromatic heterocycles. The van der Waals surface area contributed by atoms with E-state index in [-0.39, 0.29) is 6.04 Å².